The first kappa shape index (κ1) is 16.1. The van der Waals surface area contributed by atoms with Crippen molar-refractivity contribution in [2.75, 3.05) is 20.3 Å². The number of aromatic nitrogens is 1. The molecule has 2 N–H and O–H groups in total. The molecule has 0 aromatic carbocycles. The second-order valence-corrected chi connectivity index (χ2v) is 4.66. The van der Waals surface area contributed by atoms with Crippen LogP contribution in [0, 0.1) is 0 Å². The first-order valence-electron chi connectivity index (χ1n) is 6.58. The second kappa shape index (κ2) is 8.27. The first-order chi connectivity index (χ1) is 9.54. The van der Waals surface area contributed by atoms with E-state index in [4.69, 9.17) is 4.74 Å². The van der Waals surface area contributed by atoms with Gasteiger partial charge in [-0.15, -0.1) is 0 Å². The van der Waals surface area contributed by atoms with Crippen LogP contribution in [0.1, 0.15) is 41.1 Å². The number of hydrogen-bond acceptors (Lipinski definition) is 4. The Morgan fingerprint density at radius 1 is 1.35 bits per heavy atom. The van der Waals surface area contributed by atoms with Crippen LogP contribution >= 0.6 is 0 Å². The van der Waals surface area contributed by atoms with Gasteiger partial charge in [0.2, 0.25) is 0 Å². The van der Waals surface area contributed by atoms with Gasteiger partial charge in [0.25, 0.3) is 11.8 Å². The van der Waals surface area contributed by atoms with Crippen LogP contribution in [-0.2, 0) is 4.74 Å². The first-order valence-corrected chi connectivity index (χ1v) is 6.58. The highest BCUT2D eigenvalue weighted by Crippen LogP contribution is 2.02. The van der Waals surface area contributed by atoms with E-state index in [-0.39, 0.29) is 23.6 Å². The van der Waals surface area contributed by atoms with E-state index in [0.29, 0.717) is 18.7 Å². The van der Waals surface area contributed by atoms with E-state index >= 15 is 0 Å². The number of nitrogens with zero attached hydrogens (tertiary/aromatic N) is 1. The van der Waals surface area contributed by atoms with Crippen molar-refractivity contribution < 1.29 is 14.3 Å². The molecule has 1 aromatic rings. The van der Waals surface area contributed by atoms with Gasteiger partial charge in [0.1, 0.15) is 5.69 Å². The summed E-state index contributed by atoms with van der Waals surface area (Å²) in [6.07, 6.45) is 2.20. The molecule has 1 heterocycles. The lowest BCUT2D eigenvalue weighted by atomic mass is 10.2. The van der Waals surface area contributed by atoms with E-state index < -0.39 is 0 Å². The molecule has 110 valence electrons. The quantitative estimate of drug-likeness (QED) is 0.729. The van der Waals surface area contributed by atoms with Gasteiger partial charge in [0.15, 0.2) is 0 Å². The molecule has 2 amide bonds. The van der Waals surface area contributed by atoms with Crippen LogP contribution in [0.4, 0.5) is 0 Å². The maximum absolute atomic E-state index is 11.9. The average molecular weight is 279 g/mol. The molecule has 0 unspecified atom stereocenters. The molecule has 0 aliphatic heterocycles. The predicted molar refractivity (Wildman–Crippen MR) is 75.7 cm³/mol. The van der Waals surface area contributed by atoms with Crippen molar-refractivity contribution in [1.29, 1.82) is 0 Å². The molecule has 1 aromatic heterocycles. The maximum atomic E-state index is 11.9. The number of pyridine rings is 1. The molecule has 0 bridgehead atoms. The summed E-state index contributed by atoms with van der Waals surface area (Å²) in [6.45, 7) is 4.86. The minimum absolute atomic E-state index is 0.0239. The van der Waals surface area contributed by atoms with E-state index in [1.54, 1.807) is 13.2 Å². The van der Waals surface area contributed by atoms with Crippen molar-refractivity contribution in [3.05, 3.63) is 29.6 Å². The summed E-state index contributed by atoms with van der Waals surface area (Å²) in [6, 6.07) is 3.09. The smallest absolute Gasteiger partial charge is 0.270 e. The van der Waals surface area contributed by atoms with Gasteiger partial charge in [-0.3, -0.25) is 14.6 Å². The molecular weight excluding hydrogens is 258 g/mol. The van der Waals surface area contributed by atoms with Gasteiger partial charge >= 0.3 is 0 Å². The molecule has 0 aliphatic rings. The number of hydrogen-bond donors (Lipinski definition) is 2. The van der Waals surface area contributed by atoms with Crippen LogP contribution in [0.5, 0.6) is 0 Å². The van der Waals surface area contributed by atoms with E-state index in [1.807, 2.05) is 13.8 Å². The van der Waals surface area contributed by atoms with Gasteiger partial charge < -0.3 is 15.4 Å². The largest absolute Gasteiger partial charge is 0.385 e. The Morgan fingerprint density at radius 3 is 2.75 bits per heavy atom. The average Bonchev–Trinajstić information content (AvgIpc) is 2.43. The van der Waals surface area contributed by atoms with Crippen molar-refractivity contribution in [3.63, 3.8) is 0 Å². The van der Waals surface area contributed by atoms with Crippen LogP contribution in [0.15, 0.2) is 18.3 Å². The Balaban J connectivity index is 2.62. The van der Waals surface area contributed by atoms with Gasteiger partial charge in [0, 0.05) is 38.1 Å². The van der Waals surface area contributed by atoms with Crippen molar-refractivity contribution in [3.8, 4) is 0 Å². The van der Waals surface area contributed by atoms with Gasteiger partial charge in [-0.2, -0.15) is 0 Å². The lowest BCUT2D eigenvalue weighted by Crippen LogP contribution is -2.31. The Morgan fingerprint density at radius 2 is 2.10 bits per heavy atom. The molecule has 0 fully saturated rings. The molecular formula is C14H21N3O3. The number of methoxy groups -OCH3 is 1. The summed E-state index contributed by atoms with van der Waals surface area (Å²) in [4.78, 5) is 27.7. The van der Waals surface area contributed by atoms with Crippen molar-refractivity contribution >= 4 is 11.8 Å². The lowest BCUT2D eigenvalue weighted by Gasteiger charge is -2.09. The third kappa shape index (κ3) is 5.36. The zero-order chi connectivity index (χ0) is 15.0. The van der Waals surface area contributed by atoms with E-state index in [1.165, 1.54) is 12.3 Å². The summed E-state index contributed by atoms with van der Waals surface area (Å²) in [5.41, 5.74) is 0.662. The molecule has 0 aliphatic carbocycles. The molecule has 0 spiro atoms. The van der Waals surface area contributed by atoms with Crippen LogP contribution in [-0.4, -0.2) is 43.1 Å². The summed E-state index contributed by atoms with van der Waals surface area (Å²) in [5, 5.41) is 5.50. The second-order valence-electron chi connectivity index (χ2n) is 4.66. The normalized spacial score (nSPS) is 10.4. The van der Waals surface area contributed by atoms with E-state index in [2.05, 4.69) is 15.6 Å². The fourth-order valence-electron chi connectivity index (χ4n) is 1.55. The van der Waals surface area contributed by atoms with Crippen LogP contribution in [0.2, 0.25) is 0 Å². The number of amides is 2. The zero-order valence-electron chi connectivity index (χ0n) is 12.1. The number of carbonyl (C=O) groups excluding carboxylic acids is 2. The molecule has 0 atom stereocenters. The Hall–Kier alpha value is -1.95. The van der Waals surface area contributed by atoms with Crippen LogP contribution in [0.25, 0.3) is 0 Å². The minimum atomic E-state index is -0.283. The van der Waals surface area contributed by atoms with Gasteiger partial charge in [-0.1, -0.05) is 0 Å². The van der Waals surface area contributed by atoms with E-state index in [0.717, 1.165) is 6.42 Å². The maximum Gasteiger partial charge on any atom is 0.270 e. The van der Waals surface area contributed by atoms with Gasteiger partial charge in [0.05, 0.1) is 0 Å². The van der Waals surface area contributed by atoms with Gasteiger partial charge in [-0.05, 0) is 32.4 Å². The lowest BCUT2D eigenvalue weighted by molar-refractivity contribution is 0.0938. The number of carbonyl (C=O) groups is 2. The highest BCUT2D eigenvalue weighted by molar-refractivity contribution is 5.98. The summed E-state index contributed by atoms with van der Waals surface area (Å²) < 4.78 is 4.90. The Bertz CT molecular complexity index is 461. The highest BCUT2D eigenvalue weighted by atomic mass is 16.5. The standard InChI is InChI=1S/C14H21N3O3/c1-10(2)17-14(19)12-9-11(5-7-15-12)13(18)16-6-4-8-20-3/h5,7,9-10H,4,6,8H2,1-3H3,(H,16,18)(H,17,19). The highest BCUT2D eigenvalue weighted by Gasteiger charge is 2.12. The molecule has 1 rings (SSSR count). The molecule has 6 nitrogen and oxygen atoms in total. The predicted octanol–water partition coefficient (Wildman–Crippen LogP) is 0.986. The fourth-order valence-corrected chi connectivity index (χ4v) is 1.55. The number of ether oxygens (including phenoxy) is 1. The summed E-state index contributed by atoms with van der Waals surface area (Å²) >= 11 is 0. The monoisotopic (exact) mass is 279 g/mol. The van der Waals surface area contributed by atoms with E-state index in [9.17, 15) is 9.59 Å². The molecule has 20 heavy (non-hydrogen) atoms. The van der Waals surface area contributed by atoms with Crippen LogP contribution in [0.3, 0.4) is 0 Å². The van der Waals surface area contributed by atoms with Gasteiger partial charge in [-0.25, -0.2) is 0 Å². The molecule has 6 heteroatoms. The Kier molecular flexibility index (Phi) is 6.66. The third-order valence-electron chi connectivity index (χ3n) is 2.49. The SMILES string of the molecule is COCCCNC(=O)c1ccnc(C(=O)NC(C)C)c1. The Labute approximate surface area is 118 Å². The van der Waals surface area contributed by atoms with Crippen LogP contribution < -0.4 is 10.6 Å². The fraction of sp³-hybridized carbons (Fsp3) is 0.500. The zero-order valence-corrected chi connectivity index (χ0v) is 12.1. The van der Waals surface area contributed by atoms with Crippen molar-refractivity contribution in [2.45, 2.75) is 26.3 Å². The molecule has 0 saturated heterocycles. The summed E-state index contributed by atoms with van der Waals surface area (Å²) in [5.74, 6) is -0.504. The number of nitrogens with one attached hydrogen (secondary N) is 2. The molecule has 0 saturated carbocycles. The summed E-state index contributed by atoms with van der Waals surface area (Å²) in [7, 11) is 1.62. The third-order valence-corrected chi connectivity index (χ3v) is 2.49. The van der Waals surface area contributed by atoms with Crippen molar-refractivity contribution in [2.24, 2.45) is 0 Å². The topological polar surface area (TPSA) is 80.3 Å². The number of rotatable bonds is 7. The minimum Gasteiger partial charge on any atom is -0.385 e. The molecule has 0 radical (unpaired) electrons. The van der Waals surface area contributed by atoms with Crippen molar-refractivity contribution in [1.82, 2.24) is 15.6 Å².